The normalized spacial score (nSPS) is 18.0. The van der Waals surface area contributed by atoms with Gasteiger partial charge in [-0.15, -0.1) is 0 Å². The van der Waals surface area contributed by atoms with Gasteiger partial charge in [-0.1, -0.05) is 19.3 Å². The van der Waals surface area contributed by atoms with E-state index in [1.54, 1.807) is 0 Å². The van der Waals surface area contributed by atoms with Crippen molar-refractivity contribution in [2.24, 2.45) is 0 Å². The fourth-order valence-corrected chi connectivity index (χ4v) is 2.30. The van der Waals surface area contributed by atoms with Crippen LogP contribution in [0.1, 0.15) is 51.9 Å². The molecule has 0 aliphatic heterocycles. The average molecular weight is 272 g/mol. The van der Waals surface area contributed by atoms with E-state index in [1.165, 1.54) is 32.1 Å². The van der Waals surface area contributed by atoms with Crippen LogP contribution in [0.25, 0.3) is 0 Å². The molecule has 19 heavy (non-hydrogen) atoms. The molecule has 1 aliphatic rings. The maximum Gasteiger partial charge on any atom is 0.314 e. The molecule has 0 spiro atoms. The lowest BCUT2D eigenvalue weighted by molar-refractivity contribution is 0.0275. The quantitative estimate of drug-likeness (QED) is 0.590. The third-order valence-electron chi connectivity index (χ3n) is 3.45. The molecule has 5 nitrogen and oxygen atoms in total. The zero-order chi connectivity index (χ0) is 13.9. The van der Waals surface area contributed by atoms with Crippen LogP contribution >= 0.6 is 0 Å². The molecule has 1 rings (SSSR count). The monoisotopic (exact) mass is 272 g/mol. The molecule has 1 atom stereocenters. The molecular weight excluding hydrogens is 244 g/mol. The number of amides is 2. The van der Waals surface area contributed by atoms with Crippen molar-refractivity contribution < 1.29 is 14.6 Å². The first-order valence-electron chi connectivity index (χ1n) is 7.49. The van der Waals surface area contributed by atoms with Gasteiger partial charge in [0.1, 0.15) is 0 Å². The van der Waals surface area contributed by atoms with Crippen LogP contribution in [-0.4, -0.2) is 43.0 Å². The smallest absolute Gasteiger partial charge is 0.314 e. The van der Waals surface area contributed by atoms with E-state index in [2.05, 4.69) is 10.6 Å². The third-order valence-corrected chi connectivity index (χ3v) is 3.45. The standard InChI is InChI=1S/C14H28N2O3/c1-12(8-10-17)16-14(18)15-9-5-11-19-13-6-3-2-4-7-13/h12-13,17H,2-11H2,1H3,(H2,15,16,18)/t12-/m1/s1. The predicted octanol–water partition coefficient (Wildman–Crippen LogP) is 1.80. The van der Waals surface area contributed by atoms with Gasteiger partial charge in [0.05, 0.1) is 6.10 Å². The van der Waals surface area contributed by atoms with Gasteiger partial charge in [0, 0.05) is 25.8 Å². The van der Waals surface area contributed by atoms with Gasteiger partial charge < -0.3 is 20.5 Å². The molecule has 0 bridgehead atoms. The lowest BCUT2D eigenvalue weighted by Crippen LogP contribution is -2.41. The molecule has 3 N–H and O–H groups in total. The molecule has 2 amide bonds. The molecule has 0 aromatic rings. The first kappa shape index (κ1) is 16.2. The second-order valence-electron chi connectivity index (χ2n) is 5.30. The second-order valence-corrected chi connectivity index (χ2v) is 5.30. The number of hydrogen-bond acceptors (Lipinski definition) is 3. The number of carbonyl (C=O) groups excluding carboxylic acids is 1. The summed E-state index contributed by atoms with van der Waals surface area (Å²) in [5.41, 5.74) is 0. The maximum absolute atomic E-state index is 11.4. The van der Waals surface area contributed by atoms with Crippen LogP contribution in [0.2, 0.25) is 0 Å². The van der Waals surface area contributed by atoms with E-state index in [-0.39, 0.29) is 18.7 Å². The van der Waals surface area contributed by atoms with E-state index in [9.17, 15) is 4.79 Å². The summed E-state index contributed by atoms with van der Waals surface area (Å²) in [5.74, 6) is 0. The number of ether oxygens (including phenoxy) is 1. The molecule has 112 valence electrons. The molecular formula is C14H28N2O3. The molecule has 0 aromatic heterocycles. The molecule has 5 heteroatoms. The molecule has 0 aromatic carbocycles. The number of nitrogens with one attached hydrogen (secondary N) is 2. The molecule has 0 radical (unpaired) electrons. The van der Waals surface area contributed by atoms with E-state index in [0.29, 0.717) is 19.1 Å². The molecule has 0 heterocycles. The van der Waals surface area contributed by atoms with Crippen molar-refractivity contribution in [1.82, 2.24) is 10.6 Å². The minimum Gasteiger partial charge on any atom is -0.396 e. The Labute approximate surface area is 116 Å². The van der Waals surface area contributed by atoms with Gasteiger partial charge in [0.25, 0.3) is 0 Å². The molecule has 1 saturated carbocycles. The number of hydrogen-bond donors (Lipinski definition) is 3. The Morgan fingerprint density at radius 2 is 2.11 bits per heavy atom. The van der Waals surface area contributed by atoms with Gasteiger partial charge in [0.2, 0.25) is 0 Å². The first-order chi connectivity index (χ1) is 9.22. The number of aliphatic hydroxyl groups excluding tert-OH is 1. The van der Waals surface area contributed by atoms with Crippen LogP contribution in [0.4, 0.5) is 4.79 Å². The third kappa shape index (κ3) is 8.06. The fourth-order valence-electron chi connectivity index (χ4n) is 2.30. The molecule has 1 fully saturated rings. The van der Waals surface area contributed by atoms with Crippen molar-refractivity contribution in [3.05, 3.63) is 0 Å². The Hall–Kier alpha value is -0.810. The summed E-state index contributed by atoms with van der Waals surface area (Å²) < 4.78 is 5.78. The van der Waals surface area contributed by atoms with E-state index in [4.69, 9.17) is 9.84 Å². The van der Waals surface area contributed by atoms with E-state index < -0.39 is 0 Å². The Balaban J connectivity index is 1.93. The topological polar surface area (TPSA) is 70.6 Å². The lowest BCUT2D eigenvalue weighted by atomic mass is 9.98. The van der Waals surface area contributed by atoms with Crippen LogP contribution in [0, 0.1) is 0 Å². The Morgan fingerprint density at radius 3 is 2.79 bits per heavy atom. The Kier molecular flexibility index (Phi) is 8.58. The van der Waals surface area contributed by atoms with Crippen molar-refractivity contribution in [2.45, 2.75) is 64.0 Å². The summed E-state index contributed by atoms with van der Waals surface area (Å²) in [6, 6.07) is -0.165. The van der Waals surface area contributed by atoms with Crippen LogP contribution in [0.3, 0.4) is 0 Å². The highest BCUT2D eigenvalue weighted by molar-refractivity contribution is 5.74. The Bertz CT molecular complexity index is 243. The minimum atomic E-state index is -0.168. The van der Waals surface area contributed by atoms with Crippen LogP contribution in [-0.2, 0) is 4.74 Å². The van der Waals surface area contributed by atoms with Crippen molar-refractivity contribution in [3.63, 3.8) is 0 Å². The molecule has 0 unspecified atom stereocenters. The lowest BCUT2D eigenvalue weighted by Gasteiger charge is -2.22. The van der Waals surface area contributed by atoms with Gasteiger partial charge in [-0.2, -0.15) is 0 Å². The highest BCUT2D eigenvalue weighted by Gasteiger charge is 2.13. The summed E-state index contributed by atoms with van der Waals surface area (Å²) in [6.45, 7) is 3.32. The summed E-state index contributed by atoms with van der Waals surface area (Å²) in [7, 11) is 0. The van der Waals surface area contributed by atoms with Crippen LogP contribution in [0.5, 0.6) is 0 Å². The fraction of sp³-hybridized carbons (Fsp3) is 0.929. The largest absolute Gasteiger partial charge is 0.396 e. The molecule has 0 saturated heterocycles. The first-order valence-corrected chi connectivity index (χ1v) is 7.49. The van der Waals surface area contributed by atoms with Gasteiger partial charge in [-0.05, 0) is 32.6 Å². The Morgan fingerprint density at radius 1 is 1.37 bits per heavy atom. The second kappa shape index (κ2) is 10.0. The number of rotatable bonds is 8. The zero-order valence-corrected chi connectivity index (χ0v) is 12.0. The predicted molar refractivity (Wildman–Crippen MR) is 75.1 cm³/mol. The molecule has 1 aliphatic carbocycles. The number of urea groups is 1. The van der Waals surface area contributed by atoms with Crippen LogP contribution < -0.4 is 10.6 Å². The zero-order valence-electron chi connectivity index (χ0n) is 12.0. The highest BCUT2D eigenvalue weighted by atomic mass is 16.5. The van der Waals surface area contributed by atoms with Crippen molar-refractivity contribution >= 4 is 6.03 Å². The van der Waals surface area contributed by atoms with E-state index in [1.807, 2.05) is 6.92 Å². The maximum atomic E-state index is 11.4. The van der Waals surface area contributed by atoms with Gasteiger partial charge in [-0.3, -0.25) is 0 Å². The van der Waals surface area contributed by atoms with Crippen molar-refractivity contribution in [2.75, 3.05) is 19.8 Å². The average Bonchev–Trinajstić information content (AvgIpc) is 2.39. The highest BCUT2D eigenvalue weighted by Crippen LogP contribution is 2.20. The number of aliphatic hydroxyl groups is 1. The van der Waals surface area contributed by atoms with Crippen LogP contribution in [0.15, 0.2) is 0 Å². The van der Waals surface area contributed by atoms with Gasteiger partial charge in [-0.25, -0.2) is 4.79 Å². The van der Waals surface area contributed by atoms with E-state index >= 15 is 0 Å². The van der Waals surface area contributed by atoms with Crippen molar-refractivity contribution in [1.29, 1.82) is 0 Å². The summed E-state index contributed by atoms with van der Waals surface area (Å²) in [4.78, 5) is 11.4. The van der Waals surface area contributed by atoms with Gasteiger partial charge >= 0.3 is 6.03 Å². The summed E-state index contributed by atoms with van der Waals surface area (Å²) >= 11 is 0. The summed E-state index contributed by atoms with van der Waals surface area (Å²) in [5, 5.41) is 14.3. The number of carbonyl (C=O) groups is 1. The SMILES string of the molecule is C[C@H](CCO)NC(=O)NCCCOC1CCCCC1. The van der Waals surface area contributed by atoms with E-state index in [0.717, 1.165) is 13.0 Å². The van der Waals surface area contributed by atoms with Crippen molar-refractivity contribution in [3.8, 4) is 0 Å². The summed E-state index contributed by atoms with van der Waals surface area (Å²) in [6.07, 6.45) is 8.15. The minimum absolute atomic E-state index is 0.00323. The van der Waals surface area contributed by atoms with Gasteiger partial charge in [0.15, 0.2) is 0 Å².